The summed E-state index contributed by atoms with van der Waals surface area (Å²) in [5.41, 5.74) is 0. The quantitative estimate of drug-likeness (QED) is 0.701. The Balaban J connectivity index is 2.14. The van der Waals surface area contributed by atoms with Crippen LogP contribution in [0.4, 0.5) is 0 Å². The summed E-state index contributed by atoms with van der Waals surface area (Å²) < 4.78 is 0. The molecule has 0 saturated carbocycles. The van der Waals surface area contributed by atoms with Crippen LogP contribution in [0.25, 0.3) is 0 Å². The number of rotatable bonds is 7. The summed E-state index contributed by atoms with van der Waals surface area (Å²) in [5, 5.41) is 13.2. The second-order valence-electron chi connectivity index (χ2n) is 6.18. The minimum atomic E-state index is -0.260. The average molecular weight is 257 g/mol. The molecule has 0 aromatic carbocycles. The molecule has 0 spiro atoms. The molecule has 1 saturated heterocycles. The van der Waals surface area contributed by atoms with Crippen molar-refractivity contribution in [3.05, 3.63) is 0 Å². The van der Waals surface area contributed by atoms with Crippen LogP contribution in [-0.4, -0.2) is 73.9 Å². The normalized spacial score (nSPS) is 20.8. The second-order valence-corrected chi connectivity index (χ2v) is 6.18. The molecule has 0 amide bonds. The monoisotopic (exact) mass is 257 g/mol. The molecular formula is C14H31N3O. The van der Waals surface area contributed by atoms with Crippen LogP contribution in [0.3, 0.4) is 0 Å². The fraction of sp³-hybridized carbons (Fsp3) is 1.00. The van der Waals surface area contributed by atoms with Crippen LogP contribution in [0.5, 0.6) is 0 Å². The van der Waals surface area contributed by atoms with Crippen LogP contribution < -0.4 is 5.32 Å². The van der Waals surface area contributed by atoms with Gasteiger partial charge in [0.05, 0.1) is 6.10 Å². The van der Waals surface area contributed by atoms with Gasteiger partial charge in [0.25, 0.3) is 0 Å². The van der Waals surface area contributed by atoms with E-state index in [0.717, 1.165) is 19.0 Å². The smallest absolute Gasteiger partial charge is 0.0791 e. The fourth-order valence-corrected chi connectivity index (χ4v) is 2.56. The average Bonchev–Trinajstić information content (AvgIpc) is 2.29. The number of likely N-dealkylation sites (N-methyl/N-ethyl adjacent to an activating group) is 1. The number of aliphatic hydroxyl groups excluding tert-OH is 1. The summed E-state index contributed by atoms with van der Waals surface area (Å²) in [6.07, 6.45) is 2.33. The lowest BCUT2D eigenvalue weighted by Gasteiger charge is -2.32. The molecule has 18 heavy (non-hydrogen) atoms. The largest absolute Gasteiger partial charge is 0.390 e. The van der Waals surface area contributed by atoms with E-state index in [1.54, 1.807) is 0 Å². The predicted molar refractivity (Wildman–Crippen MR) is 76.9 cm³/mol. The van der Waals surface area contributed by atoms with Gasteiger partial charge in [-0.3, -0.25) is 0 Å². The molecule has 1 heterocycles. The summed E-state index contributed by atoms with van der Waals surface area (Å²) in [6.45, 7) is 9.23. The summed E-state index contributed by atoms with van der Waals surface area (Å²) in [6, 6.07) is 0.443. The third-order valence-electron chi connectivity index (χ3n) is 3.69. The molecule has 1 atom stereocenters. The van der Waals surface area contributed by atoms with Gasteiger partial charge in [-0.1, -0.05) is 13.8 Å². The van der Waals surface area contributed by atoms with E-state index in [2.05, 4.69) is 43.1 Å². The zero-order chi connectivity index (χ0) is 13.5. The first kappa shape index (κ1) is 15.9. The first-order valence-electron chi connectivity index (χ1n) is 7.26. The molecule has 0 aromatic heterocycles. The number of nitrogens with one attached hydrogen (secondary N) is 1. The summed E-state index contributed by atoms with van der Waals surface area (Å²) >= 11 is 0. The molecule has 1 aliphatic heterocycles. The van der Waals surface area contributed by atoms with Gasteiger partial charge in [-0.25, -0.2) is 0 Å². The molecule has 0 aliphatic carbocycles. The number of hydrogen-bond donors (Lipinski definition) is 2. The van der Waals surface area contributed by atoms with E-state index in [9.17, 15) is 5.11 Å². The Morgan fingerprint density at radius 2 is 1.94 bits per heavy atom. The molecule has 0 radical (unpaired) electrons. The second kappa shape index (κ2) is 8.10. The molecule has 1 unspecified atom stereocenters. The highest BCUT2D eigenvalue weighted by Crippen LogP contribution is 2.16. The van der Waals surface area contributed by atoms with E-state index in [1.165, 1.54) is 25.9 Å². The zero-order valence-electron chi connectivity index (χ0n) is 12.5. The van der Waals surface area contributed by atoms with Crippen molar-refractivity contribution in [2.24, 2.45) is 5.92 Å². The molecular weight excluding hydrogens is 226 g/mol. The molecule has 1 rings (SSSR count). The number of piperidine rings is 1. The van der Waals surface area contributed by atoms with Crippen LogP contribution in [0.15, 0.2) is 0 Å². The molecule has 1 fully saturated rings. The van der Waals surface area contributed by atoms with Gasteiger partial charge < -0.3 is 20.2 Å². The fourth-order valence-electron chi connectivity index (χ4n) is 2.56. The lowest BCUT2D eigenvalue weighted by Crippen LogP contribution is -2.41. The highest BCUT2D eigenvalue weighted by Gasteiger charge is 2.19. The first-order valence-corrected chi connectivity index (χ1v) is 7.26. The molecule has 1 aliphatic rings. The van der Waals surface area contributed by atoms with Gasteiger partial charge in [-0.15, -0.1) is 0 Å². The van der Waals surface area contributed by atoms with Crippen molar-refractivity contribution >= 4 is 0 Å². The maximum absolute atomic E-state index is 9.93. The Morgan fingerprint density at radius 3 is 2.50 bits per heavy atom. The highest BCUT2D eigenvalue weighted by molar-refractivity contribution is 4.74. The third kappa shape index (κ3) is 6.69. The molecule has 108 valence electrons. The number of hydrogen-bond acceptors (Lipinski definition) is 4. The van der Waals surface area contributed by atoms with Crippen LogP contribution in [0.2, 0.25) is 0 Å². The van der Waals surface area contributed by atoms with Gasteiger partial charge in [-0.2, -0.15) is 0 Å². The van der Waals surface area contributed by atoms with Crippen molar-refractivity contribution in [2.75, 3.05) is 46.8 Å². The van der Waals surface area contributed by atoms with E-state index in [-0.39, 0.29) is 6.10 Å². The summed E-state index contributed by atoms with van der Waals surface area (Å²) in [4.78, 5) is 4.68. The van der Waals surface area contributed by atoms with E-state index < -0.39 is 0 Å². The van der Waals surface area contributed by atoms with Gasteiger partial charge in [-0.05, 0) is 45.9 Å². The Labute approximate surface area is 112 Å². The minimum absolute atomic E-state index is 0.260. The van der Waals surface area contributed by atoms with Gasteiger partial charge in [0.2, 0.25) is 0 Å². The highest BCUT2D eigenvalue weighted by atomic mass is 16.3. The summed E-state index contributed by atoms with van der Waals surface area (Å²) in [7, 11) is 4.32. The first-order chi connectivity index (χ1) is 8.47. The Morgan fingerprint density at radius 1 is 1.33 bits per heavy atom. The molecule has 2 N–H and O–H groups in total. The molecule has 0 aromatic rings. The predicted octanol–water partition coefficient (Wildman–Crippen LogP) is 0.619. The molecule has 0 bridgehead atoms. The van der Waals surface area contributed by atoms with Crippen LogP contribution in [0, 0.1) is 5.92 Å². The lowest BCUT2D eigenvalue weighted by atomic mass is 9.96. The number of aliphatic hydroxyl groups is 1. The van der Waals surface area contributed by atoms with E-state index in [4.69, 9.17) is 0 Å². The standard InChI is InChI=1S/C14H31N3O/c1-12(2)15-9-14(18)11-17(4)10-13-5-7-16(3)8-6-13/h12-15,18H,5-11H2,1-4H3. The van der Waals surface area contributed by atoms with Crippen LogP contribution in [0.1, 0.15) is 26.7 Å². The Hall–Kier alpha value is -0.160. The lowest BCUT2D eigenvalue weighted by molar-refractivity contribution is 0.103. The van der Waals surface area contributed by atoms with Gasteiger partial charge in [0.15, 0.2) is 0 Å². The van der Waals surface area contributed by atoms with Gasteiger partial charge in [0, 0.05) is 25.7 Å². The Kier molecular flexibility index (Phi) is 7.15. The van der Waals surface area contributed by atoms with Gasteiger partial charge >= 0.3 is 0 Å². The van der Waals surface area contributed by atoms with Crippen LogP contribution in [-0.2, 0) is 0 Å². The van der Waals surface area contributed by atoms with E-state index >= 15 is 0 Å². The summed E-state index contributed by atoms with van der Waals surface area (Å²) in [5.74, 6) is 0.802. The number of likely N-dealkylation sites (tertiary alicyclic amines) is 1. The topological polar surface area (TPSA) is 38.7 Å². The van der Waals surface area contributed by atoms with Crippen molar-refractivity contribution in [1.82, 2.24) is 15.1 Å². The maximum Gasteiger partial charge on any atom is 0.0791 e. The van der Waals surface area contributed by atoms with Crippen molar-refractivity contribution in [1.29, 1.82) is 0 Å². The van der Waals surface area contributed by atoms with Crippen molar-refractivity contribution in [2.45, 2.75) is 38.8 Å². The number of nitrogens with zero attached hydrogens (tertiary/aromatic N) is 2. The minimum Gasteiger partial charge on any atom is -0.390 e. The maximum atomic E-state index is 9.93. The zero-order valence-corrected chi connectivity index (χ0v) is 12.5. The van der Waals surface area contributed by atoms with Crippen molar-refractivity contribution in [3.63, 3.8) is 0 Å². The molecule has 4 nitrogen and oxygen atoms in total. The third-order valence-corrected chi connectivity index (χ3v) is 3.69. The van der Waals surface area contributed by atoms with Crippen molar-refractivity contribution < 1.29 is 5.11 Å². The van der Waals surface area contributed by atoms with E-state index in [1.807, 2.05) is 0 Å². The Bertz CT molecular complexity index is 215. The van der Waals surface area contributed by atoms with Crippen LogP contribution >= 0.6 is 0 Å². The molecule has 4 heteroatoms. The van der Waals surface area contributed by atoms with Gasteiger partial charge in [0.1, 0.15) is 0 Å². The van der Waals surface area contributed by atoms with E-state index in [0.29, 0.717) is 12.6 Å². The van der Waals surface area contributed by atoms with Crippen molar-refractivity contribution in [3.8, 4) is 0 Å². The SMILES string of the molecule is CC(C)NCC(O)CN(C)CC1CCN(C)CC1.